The van der Waals surface area contributed by atoms with Crippen molar-refractivity contribution in [3.8, 4) is 0 Å². The molecule has 82 valence electrons. The van der Waals surface area contributed by atoms with Gasteiger partial charge in [-0.3, -0.25) is 14.5 Å². The number of pyridine rings is 1. The van der Waals surface area contributed by atoms with Gasteiger partial charge in [0.05, 0.1) is 5.69 Å². The first-order chi connectivity index (χ1) is 7.65. The van der Waals surface area contributed by atoms with Crippen LogP contribution < -0.4 is 5.73 Å². The number of nitrogens with two attached hydrogens (primary N) is 1. The van der Waals surface area contributed by atoms with Gasteiger partial charge in [-0.05, 0) is 18.2 Å². The second-order valence-corrected chi connectivity index (χ2v) is 3.56. The zero-order chi connectivity index (χ0) is 11.5. The van der Waals surface area contributed by atoms with E-state index < -0.39 is 5.91 Å². The number of primary amides is 1. The molecular weight excluding hydrogens is 204 g/mol. The van der Waals surface area contributed by atoms with E-state index in [4.69, 9.17) is 5.73 Å². The summed E-state index contributed by atoms with van der Waals surface area (Å²) in [5.41, 5.74) is 7.37. The summed E-state index contributed by atoms with van der Waals surface area (Å²) >= 11 is 0. The van der Waals surface area contributed by atoms with E-state index in [0.717, 1.165) is 11.4 Å². The SMILES string of the molecule is Cn1ccc(Cc2cc(C(N)=O)ccn2)n1. The Hall–Kier alpha value is -2.17. The standard InChI is InChI=1S/C11H12N4O/c1-15-5-3-9(14-15)7-10-6-8(11(12)16)2-4-13-10/h2-6H,7H2,1H3,(H2,12,16). The van der Waals surface area contributed by atoms with Crippen molar-refractivity contribution >= 4 is 5.91 Å². The Morgan fingerprint density at radius 1 is 1.44 bits per heavy atom. The molecule has 2 rings (SSSR count). The summed E-state index contributed by atoms with van der Waals surface area (Å²) < 4.78 is 1.73. The van der Waals surface area contributed by atoms with Gasteiger partial charge in [0, 0.05) is 37.1 Å². The van der Waals surface area contributed by atoms with E-state index in [1.54, 1.807) is 23.0 Å². The van der Waals surface area contributed by atoms with Gasteiger partial charge in [0.1, 0.15) is 0 Å². The Bertz CT molecular complexity index is 518. The lowest BCUT2D eigenvalue weighted by Crippen LogP contribution is -2.11. The second-order valence-electron chi connectivity index (χ2n) is 3.56. The lowest BCUT2D eigenvalue weighted by atomic mass is 10.1. The molecule has 1 amide bonds. The average Bonchev–Trinajstić information content (AvgIpc) is 2.64. The van der Waals surface area contributed by atoms with Crippen LogP contribution in [0.4, 0.5) is 0 Å². The van der Waals surface area contributed by atoms with Crippen molar-refractivity contribution in [2.45, 2.75) is 6.42 Å². The Kier molecular flexibility index (Phi) is 2.68. The molecule has 16 heavy (non-hydrogen) atoms. The number of carbonyl (C=O) groups excluding carboxylic acids is 1. The maximum Gasteiger partial charge on any atom is 0.248 e. The van der Waals surface area contributed by atoms with Gasteiger partial charge < -0.3 is 5.73 Å². The maximum absolute atomic E-state index is 11.0. The van der Waals surface area contributed by atoms with Gasteiger partial charge in [-0.15, -0.1) is 0 Å². The monoisotopic (exact) mass is 216 g/mol. The number of aryl methyl sites for hydroxylation is 1. The number of hydrogen-bond donors (Lipinski definition) is 1. The van der Waals surface area contributed by atoms with Gasteiger partial charge in [0.25, 0.3) is 0 Å². The number of aromatic nitrogens is 3. The highest BCUT2D eigenvalue weighted by Crippen LogP contribution is 2.06. The minimum absolute atomic E-state index is 0.440. The molecule has 0 fully saturated rings. The van der Waals surface area contributed by atoms with Crippen LogP contribution in [0.5, 0.6) is 0 Å². The molecule has 5 nitrogen and oxygen atoms in total. The molecule has 0 spiro atoms. The summed E-state index contributed by atoms with van der Waals surface area (Å²) in [5, 5.41) is 4.24. The van der Waals surface area contributed by atoms with E-state index in [0.29, 0.717) is 12.0 Å². The fourth-order valence-corrected chi connectivity index (χ4v) is 1.47. The summed E-state index contributed by atoms with van der Waals surface area (Å²) in [6, 6.07) is 5.21. The molecule has 2 aromatic rings. The van der Waals surface area contributed by atoms with E-state index in [1.165, 1.54) is 0 Å². The third-order valence-corrected chi connectivity index (χ3v) is 2.23. The minimum atomic E-state index is -0.440. The molecular formula is C11H12N4O. The Morgan fingerprint density at radius 2 is 2.25 bits per heavy atom. The first-order valence-electron chi connectivity index (χ1n) is 4.88. The van der Waals surface area contributed by atoms with Crippen molar-refractivity contribution in [1.82, 2.24) is 14.8 Å². The van der Waals surface area contributed by atoms with Crippen LogP contribution in [0.2, 0.25) is 0 Å². The van der Waals surface area contributed by atoms with E-state index in [1.807, 2.05) is 19.3 Å². The lowest BCUT2D eigenvalue weighted by Gasteiger charge is -1.99. The average molecular weight is 216 g/mol. The molecule has 5 heteroatoms. The molecule has 0 bridgehead atoms. The van der Waals surface area contributed by atoms with Crippen molar-refractivity contribution in [2.24, 2.45) is 12.8 Å². The highest BCUT2D eigenvalue weighted by atomic mass is 16.1. The highest BCUT2D eigenvalue weighted by Gasteiger charge is 2.04. The Labute approximate surface area is 92.9 Å². The van der Waals surface area contributed by atoms with E-state index in [2.05, 4.69) is 10.1 Å². The largest absolute Gasteiger partial charge is 0.366 e. The van der Waals surface area contributed by atoms with Gasteiger partial charge in [0.2, 0.25) is 5.91 Å². The normalized spacial score (nSPS) is 10.3. The minimum Gasteiger partial charge on any atom is -0.366 e. The number of nitrogens with zero attached hydrogens (tertiary/aromatic N) is 3. The number of carbonyl (C=O) groups is 1. The third-order valence-electron chi connectivity index (χ3n) is 2.23. The fourth-order valence-electron chi connectivity index (χ4n) is 1.47. The summed E-state index contributed by atoms with van der Waals surface area (Å²) in [6.07, 6.45) is 4.05. The van der Waals surface area contributed by atoms with Gasteiger partial charge in [-0.1, -0.05) is 0 Å². The summed E-state index contributed by atoms with van der Waals surface area (Å²) in [6.45, 7) is 0. The van der Waals surface area contributed by atoms with Crippen LogP contribution in [-0.4, -0.2) is 20.7 Å². The van der Waals surface area contributed by atoms with Gasteiger partial charge in [0.15, 0.2) is 0 Å². The number of hydrogen-bond acceptors (Lipinski definition) is 3. The summed E-state index contributed by atoms with van der Waals surface area (Å²) in [5.74, 6) is -0.440. The van der Waals surface area contributed by atoms with Crippen LogP contribution >= 0.6 is 0 Å². The molecule has 0 aliphatic heterocycles. The molecule has 2 heterocycles. The van der Waals surface area contributed by atoms with Crippen molar-refractivity contribution in [2.75, 3.05) is 0 Å². The molecule has 0 saturated heterocycles. The topological polar surface area (TPSA) is 73.8 Å². The third kappa shape index (κ3) is 2.25. The molecule has 0 radical (unpaired) electrons. The molecule has 0 unspecified atom stereocenters. The van der Waals surface area contributed by atoms with Crippen LogP contribution in [0, 0.1) is 0 Å². The lowest BCUT2D eigenvalue weighted by molar-refractivity contribution is 0.1000. The van der Waals surface area contributed by atoms with Crippen LogP contribution in [0.3, 0.4) is 0 Å². The van der Waals surface area contributed by atoms with Gasteiger partial charge in [-0.25, -0.2) is 0 Å². The fraction of sp³-hybridized carbons (Fsp3) is 0.182. The zero-order valence-electron chi connectivity index (χ0n) is 8.92. The van der Waals surface area contributed by atoms with Crippen LogP contribution in [0.15, 0.2) is 30.6 Å². The van der Waals surface area contributed by atoms with Crippen molar-refractivity contribution in [3.05, 3.63) is 47.5 Å². The molecule has 0 aliphatic carbocycles. The van der Waals surface area contributed by atoms with E-state index >= 15 is 0 Å². The summed E-state index contributed by atoms with van der Waals surface area (Å²) in [4.78, 5) is 15.2. The molecule has 0 aromatic carbocycles. The first kappa shape index (κ1) is 10.4. The number of rotatable bonds is 3. The molecule has 2 N–H and O–H groups in total. The molecule has 0 saturated carbocycles. The van der Waals surface area contributed by atoms with Crippen LogP contribution in [0.25, 0.3) is 0 Å². The first-order valence-corrected chi connectivity index (χ1v) is 4.88. The Morgan fingerprint density at radius 3 is 2.88 bits per heavy atom. The van der Waals surface area contributed by atoms with Gasteiger partial charge >= 0.3 is 0 Å². The molecule has 0 atom stereocenters. The van der Waals surface area contributed by atoms with E-state index in [-0.39, 0.29) is 0 Å². The second kappa shape index (κ2) is 4.14. The predicted octanol–water partition coefficient (Wildman–Crippen LogP) is 0.505. The Balaban J connectivity index is 2.21. The van der Waals surface area contributed by atoms with Crippen molar-refractivity contribution in [1.29, 1.82) is 0 Å². The van der Waals surface area contributed by atoms with Crippen molar-refractivity contribution in [3.63, 3.8) is 0 Å². The predicted molar refractivity (Wildman–Crippen MR) is 58.8 cm³/mol. The smallest absolute Gasteiger partial charge is 0.248 e. The quantitative estimate of drug-likeness (QED) is 0.812. The molecule has 0 aliphatic rings. The maximum atomic E-state index is 11.0. The van der Waals surface area contributed by atoms with Crippen LogP contribution in [0.1, 0.15) is 21.7 Å². The molecule has 2 aromatic heterocycles. The van der Waals surface area contributed by atoms with E-state index in [9.17, 15) is 4.79 Å². The summed E-state index contributed by atoms with van der Waals surface area (Å²) in [7, 11) is 1.86. The zero-order valence-corrected chi connectivity index (χ0v) is 8.92. The van der Waals surface area contributed by atoms with Crippen LogP contribution in [-0.2, 0) is 13.5 Å². The number of amides is 1. The highest BCUT2D eigenvalue weighted by molar-refractivity contribution is 5.92. The van der Waals surface area contributed by atoms with Gasteiger partial charge in [-0.2, -0.15) is 5.10 Å². The van der Waals surface area contributed by atoms with Crippen molar-refractivity contribution < 1.29 is 4.79 Å².